The molecule has 0 unspecified atom stereocenters. The van der Waals surface area contributed by atoms with Crippen molar-refractivity contribution < 1.29 is 17.2 Å². The van der Waals surface area contributed by atoms with E-state index in [1.165, 1.54) is 18.2 Å². The predicted molar refractivity (Wildman–Crippen MR) is 76.8 cm³/mol. The van der Waals surface area contributed by atoms with Crippen LogP contribution in [0.1, 0.15) is 0 Å². The van der Waals surface area contributed by atoms with Gasteiger partial charge in [-0.1, -0.05) is 23.2 Å². The van der Waals surface area contributed by atoms with Crippen molar-refractivity contribution in [3.63, 3.8) is 0 Å². The normalized spacial score (nSPS) is 11.4. The van der Waals surface area contributed by atoms with Crippen LogP contribution >= 0.6 is 23.2 Å². The number of halogens is 4. The maximum Gasteiger partial charge on any atom is 0.257 e. The summed E-state index contributed by atoms with van der Waals surface area (Å²) in [5, 5.41) is 0.541. The van der Waals surface area contributed by atoms with Gasteiger partial charge in [0.05, 0.1) is 20.6 Å². The standard InChI is InChI=1S/C12H8Cl2F2N2O2S/c13-9-3-1-7(5-10(9)14)17-18-21(19,20)8-2-4-11(15)12(16)6-8/h1-6,17-18H. The van der Waals surface area contributed by atoms with Gasteiger partial charge in [-0.05, 0) is 36.4 Å². The highest BCUT2D eigenvalue weighted by Gasteiger charge is 2.16. The van der Waals surface area contributed by atoms with Crippen molar-refractivity contribution in [1.29, 1.82) is 0 Å². The second kappa shape index (κ2) is 6.15. The van der Waals surface area contributed by atoms with E-state index in [2.05, 4.69) is 5.43 Å². The highest BCUT2D eigenvalue weighted by atomic mass is 35.5. The van der Waals surface area contributed by atoms with Gasteiger partial charge in [-0.3, -0.25) is 0 Å². The van der Waals surface area contributed by atoms with Crippen LogP contribution in [0.3, 0.4) is 0 Å². The summed E-state index contributed by atoms with van der Waals surface area (Å²) in [7, 11) is -4.06. The van der Waals surface area contributed by atoms with Gasteiger partial charge >= 0.3 is 0 Å². The zero-order valence-electron chi connectivity index (χ0n) is 10.2. The van der Waals surface area contributed by atoms with Gasteiger partial charge in [0.25, 0.3) is 10.0 Å². The zero-order valence-corrected chi connectivity index (χ0v) is 12.5. The molecule has 4 nitrogen and oxygen atoms in total. The molecule has 0 spiro atoms. The number of sulfonamides is 1. The van der Waals surface area contributed by atoms with E-state index in [1.807, 2.05) is 4.83 Å². The quantitative estimate of drug-likeness (QED) is 0.827. The molecule has 0 fully saturated rings. The molecule has 0 bridgehead atoms. The van der Waals surface area contributed by atoms with E-state index in [0.29, 0.717) is 16.8 Å². The molecule has 0 atom stereocenters. The molecule has 0 saturated heterocycles. The molecule has 0 heterocycles. The van der Waals surface area contributed by atoms with Crippen LogP contribution < -0.4 is 10.3 Å². The van der Waals surface area contributed by atoms with Crippen molar-refractivity contribution in [3.8, 4) is 0 Å². The van der Waals surface area contributed by atoms with Gasteiger partial charge in [0.15, 0.2) is 11.6 Å². The second-order valence-electron chi connectivity index (χ2n) is 3.94. The highest BCUT2D eigenvalue weighted by Crippen LogP contribution is 2.24. The van der Waals surface area contributed by atoms with Gasteiger partial charge < -0.3 is 5.43 Å². The summed E-state index contributed by atoms with van der Waals surface area (Å²) in [6.07, 6.45) is 0. The van der Waals surface area contributed by atoms with Crippen molar-refractivity contribution in [2.24, 2.45) is 0 Å². The van der Waals surface area contributed by atoms with Crippen LogP contribution in [0.5, 0.6) is 0 Å². The van der Waals surface area contributed by atoms with E-state index in [0.717, 1.165) is 12.1 Å². The minimum atomic E-state index is -4.06. The first-order valence-electron chi connectivity index (χ1n) is 5.47. The number of hydrogen-bond donors (Lipinski definition) is 2. The Labute approximate surface area is 129 Å². The molecule has 2 aromatic carbocycles. The third kappa shape index (κ3) is 3.82. The number of benzene rings is 2. The fourth-order valence-corrected chi connectivity index (χ4v) is 2.58. The number of nitrogens with one attached hydrogen (secondary N) is 2. The topological polar surface area (TPSA) is 58.2 Å². The van der Waals surface area contributed by atoms with Crippen molar-refractivity contribution in [3.05, 3.63) is 58.1 Å². The molecule has 0 radical (unpaired) electrons. The van der Waals surface area contributed by atoms with Crippen LogP contribution in [-0.2, 0) is 10.0 Å². The Kier molecular flexibility index (Phi) is 4.67. The maximum absolute atomic E-state index is 13.1. The summed E-state index contributed by atoms with van der Waals surface area (Å²) in [6, 6.07) is 6.60. The molecular weight excluding hydrogens is 345 g/mol. The monoisotopic (exact) mass is 352 g/mol. The van der Waals surface area contributed by atoms with Crippen LogP contribution in [0.2, 0.25) is 10.0 Å². The van der Waals surface area contributed by atoms with Crippen LogP contribution in [-0.4, -0.2) is 8.42 Å². The fraction of sp³-hybridized carbons (Fsp3) is 0. The van der Waals surface area contributed by atoms with Gasteiger partial charge in [0.1, 0.15) is 0 Å². The number of hydrazine groups is 1. The summed E-state index contributed by atoms with van der Waals surface area (Å²) in [5.74, 6) is -2.39. The molecule has 0 saturated carbocycles. The minimum absolute atomic E-state index is 0.230. The van der Waals surface area contributed by atoms with E-state index in [9.17, 15) is 17.2 Å². The first kappa shape index (κ1) is 16.0. The molecule has 2 N–H and O–H groups in total. The third-order valence-corrected chi connectivity index (χ3v) is 4.44. The number of hydrogen-bond acceptors (Lipinski definition) is 3. The molecule has 0 aliphatic rings. The fourth-order valence-electron chi connectivity index (χ4n) is 1.40. The van der Waals surface area contributed by atoms with Gasteiger partial charge in [0.2, 0.25) is 0 Å². The molecule has 0 aromatic heterocycles. The summed E-state index contributed by atoms with van der Waals surface area (Å²) in [4.78, 5) is 1.59. The van der Waals surface area contributed by atoms with E-state index in [-0.39, 0.29) is 5.02 Å². The lowest BCUT2D eigenvalue weighted by Gasteiger charge is -2.10. The lowest BCUT2D eigenvalue weighted by Crippen LogP contribution is -2.29. The summed E-state index contributed by atoms with van der Waals surface area (Å²) in [5.41, 5.74) is 2.72. The first-order chi connectivity index (χ1) is 9.79. The average Bonchev–Trinajstić information content (AvgIpc) is 2.43. The average molecular weight is 353 g/mol. The van der Waals surface area contributed by atoms with Gasteiger partial charge in [-0.25, -0.2) is 17.2 Å². The Morgan fingerprint density at radius 2 is 1.62 bits per heavy atom. The van der Waals surface area contributed by atoms with Gasteiger partial charge in [-0.15, -0.1) is 4.83 Å². The van der Waals surface area contributed by atoms with Crippen LogP contribution in [0, 0.1) is 11.6 Å². The van der Waals surface area contributed by atoms with Gasteiger partial charge in [-0.2, -0.15) is 0 Å². The zero-order chi connectivity index (χ0) is 15.6. The number of anilines is 1. The largest absolute Gasteiger partial charge is 0.308 e. The van der Waals surface area contributed by atoms with Crippen LogP contribution in [0.15, 0.2) is 41.3 Å². The number of rotatable bonds is 4. The second-order valence-corrected chi connectivity index (χ2v) is 6.43. The third-order valence-electron chi connectivity index (χ3n) is 2.45. The van der Waals surface area contributed by atoms with Crippen molar-refractivity contribution in [1.82, 2.24) is 4.83 Å². The molecule has 0 amide bonds. The van der Waals surface area contributed by atoms with E-state index in [4.69, 9.17) is 23.2 Å². The van der Waals surface area contributed by atoms with Gasteiger partial charge in [0, 0.05) is 0 Å². The summed E-state index contributed by atoms with van der Waals surface area (Å²) in [6.45, 7) is 0. The predicted octanol–water partition coefficient (Wildman–Crippen LogP) is 3.58. The Balaban J connectivity index is 2.17. The minimum Gasteiger partial charge on any atom is -0.308 e. The first-order valence-corrected chi connectivity index (χ1v) is 7.71. The SMILES string of the molecule is O=S(=O)(NNc1ccc(Cl)c(Cl)c1)c1ccc(F)c(F)c1. The molecule has 0 aliphatic carbocycles. The maximum atomic E-state index is 13.1. The molecule has 9 heteroatoms. The van der Waals surface area contributed by atoms with Crippen molar-refractivity contribution in [2.75, 3.05) is 5.43 Å². The van der Waals surface area contributed by atoms with E-state index in [1.54, 1.807) is 0 Å². The molecular formula is C12H8Cl2F2N2O2S. The molecule has 112 valence electrons. The van der Waals surface area contributed by atoms with Crippen LogP contribution in [0.25, 0.3) is 0 Å². The Morgan fingerprint density at radius 1 is 0.905 bits per heavy atom. The molecule has 2 rings (SSSR count). The summed E-state index contributed by atoms with van der Waals surface area (Å²) < 4.78 is 49.6. The molecule has 2 aromatic rings. The van der Waals surface area contributed by atoms with Crippen LogP contribution in [0.4, 0.5) is 14.5 Å². The van der Waals surface area contributed by atoms with E-state index < -0.39 is 26.6 Å². The Bertz CT molecular complexity index is 785. The van der Waals surface area contributed by atoms with E-state index >= 15 is 0 Å². The van der Waals surface area contributed by atoms with Crippen molar-refractivity contribution >= 4 is 38.9 Å². The van der Waals surface area contributed by atoms with Crippen molar-refractivity contribution in [2.45, 2.75) is 4.90 Å². The Hall–Kier alpha value is -1.41. The Morgan fingerprint density at radius 3 is 2.24 bits per heavy atom. The summed E-state index contributed by atoms with van der Waals surface area (Å²) >= 11 is 11.5. The lowest BCUT2D eigenvalue weighted by atomic mass is 10.3. The molecule has 0 aliphatic heterocycles. The highest BCUT2D eigenvalue weighted by molar-refractivity contribution is 7.89. The smallest absolute Gasteiger partial charge is 0.257 e. The molecule has 21 heavy (non-hydrogen) atoms. The lowest BCUT2D eigenvalue weighted by molar-refractivity contribution is 0.504.